The molecular weight excluding hydrogens is 190 g/mol. The van der Waals surface area contributed by atoms with Crippen molar-refractivity contribution in [2.45, 2.75) is 26.4 Å². The number of amides is 1. The summed E-state index contributed by atoms with van der Waals surface area (Å²) in [6, 6.07) is 7.20. The van der Waals surface area contributed by atoms with Gasteiger partial charge in [-0.3, -0.25) is 4.79 Å². The summed E-state index contributed by atoms with van der Waals surface area (Å²) >= 11 is 0. The van der Waals surface area contributed by atoms with Crippen LogP contribution in [0.4, 0.5) is 5.69 Å². The van der Waals surface area contributed by atoms with Gasteiger partial charge in [0.2, 0.25) is 5.91 Å². The molecule has 0 saturated carbocycles. The smallest absolute Gasteiger partial charge is 0.224 e. The van der Waals surface area contributed by atoms with Gasteiger partial charge in [0, 0.05) is 12.6 Å². The highest BCUT2D eigenvalue weighted by Crippen LogP contribution is 2.20. The highest BCUT2D eigenvalue weighted by Gasteiger charge is 2.11. The number of hydrogen-bond donors (Lipinski definition) is 1. The van der Waals surface area contributed by atoms with Crippen molar-refractivity contribution in [1.29, 1.82) is 0 Å². The van der Waals surface area contributed by atoms with Gasteiger partial charge in [-0.2, -0.15) is 0 Å². The summed E-state index contributed by atoms with van der Waals surface area (Å²) in [6.45, 7) is 9.19. The third kappa shape index (κ3) is 4.49. The molecule has 0 aliphatic carbocycles. The fourth-order valence-corrected chi connectivity index (χ4v) is 1.12. The SMILES string of the molecule is [CH2]C(=O)Nc1ccc(OC(C)(C)C)cc1. The predicted molar refractivity (Wildman–Crippen MR) is 60.8 cm³/mol. The quantitative estimate of drug-likeness (QED) is 0.807. The number of ether oxygens (including phenoxy) is 1. The molecule has 0 bridgehead atoms. The summed E-state index contributed by atoms with van der Waals surface area (Å²) in [5, 5.41) is 2.59. The van der Waals surface area contributed by atoms with Crippen molar-refractivity contribution in [3.05, 3.63) is 31.2 Å². The van der Waals surface area contributed by atoms with Crippen LogP contribution in [0.2, 0.25) is 0 Å². The summed E-state index contributed by atoms with van der Waals surface area (Å²) in [4.78, 5) is 10.7. The maximum absolute atomic E-state index is 10.7. The van der Waals surface area contributed by atoms with Crippen molar-refractivity contribution in [2.75, 3.05) is 5.32 Å². The molecule has 0 fully saturated rings. The summed E-state index contributed by atoms with van der Waals surface area (Å²) in [7, 11) is 0. The average Bonchev–Trinajstić information content (AvgIpc) is 2.05. The van der Waals surface area contributed by atoms with Gasteiger partial charge in [-0.25, -0.2) is 0 Å². The standard InChI is InChI=1S/C12H16NO2/c1-9(14)13-10-5-7-11(8-6-10)15-12(2,3)4/h5-8H,1H2,2-4H3,(H,13,14). The van der Waals surface area contributed by atoms with Crippen LogP contribution in [-0.2, 0) is 4.79 Å². The highest BCUT2D eigenvalue weighted by atomic mass is 16.5. The highest BCUT2D eigenvalue weighted by molar-refractivity contribution is 5.93. The number of carbonyl (C=O) groups excluding carboxylic acids is 1. The molecule has 0 saturated heterocycles. The molecule has 0 aliphatic rings. The Bertz CT molecular complexity index is 336. The molecule has 1 radical (unpaired) electrons. The zero-order chi connectivity index (χ0) is 11.5. The number of hydrogen-bond acceptors (Lipinski definition) is 2. The molecule has 0 unspecified atom stereocenters. The molecule has 3 nitrogen and oxygen atoms in total. The van der Waals surface area contributed by atoms with Crippen LogP contribution in [-0.4, -0.2) is 11.5 Å². The Labute approximate surface area is 90.4 Å². The molecule has 1 amide bonds. The van der Waals surface area contributed by atoms with Crippen molar-refractivity contribution in [1.82, 2.24) is 0 Å². The van der Waals surface area contributed by atoms with E-state index in [1.807, 2.05) is 32.9 Å². The molecule has 15 heavy (non-hydrogen) atoms. The van der Waals surface area contributed by atoms with E-state index in [1.54, 1.807) is 12.1 Å². The molecule has 3 heteroatoms. The first-order chi connectivity index (χ1) is 6.87. The Balaban J connectivity index is 2.68. The number of nitrogens with one attached hydrogen (secondary N) is 1. The molecule has 1 aromatic rings. The maximum Gasteiger partial charge on any atom is 0.224 e. The normalized spacial score (nSPS) is 10.9. The summed E-state index contributed by atoms with van der Waals surface area (Å²) in [6.07, 6.45) is 0. The van der Waals surface area contributed by atoms with Gasteiger partial charge in [-0.05, 0) is 45.0 Å². The van der Waals surface area contributed by atoms with E-state index >= 15 is 0 Å². The van der Waals surface area contributed by atoms with Crippen molar-refractivity contribution in [2.24, 2.45) is 0 Å². The Morgan fingerprint density at radius 1 is 1.27 bits per heavy atom. The Morgan fingerprint density at radius 3 is 2.20 bits per heavy atom. The second-order valence-corrected chi connectivity index (χ2v) is 4.29. The average molecular weight is 206 g/mol. The van der Waals surface area contributed by atoms with Crippen LogP contribution in [0.5, 0.6) is 5.75 Å². The first-order valence-electron chi connectivity index (χ1n) is 4.79. The molecular formula is C12H16NO2. The van der Waals surface area contributed by atoms with E-state index in [0.29, 0.717) is 0 Å². The molecule has 1 N–H and O–H groups in total. The van der Waals surface area contributed by atoms with Crippen molar-refractivity contribution >= 4 is 11.6 Å². The molecule has 0 heterocycles. The molecule has 0 aromatic heterocycles. The molecule has 0 aliphatic heterocycles. The number of rotatable bonds is 2. The van der Waals surface area contributed by atoms with E-state index < -0.39 is 0 Å². The lowest BCUT2D eigenvalue weighted by atomic mass is 10.2. The lowest BCUT2D eigenvalue weighted by Crippen LogP contribution is -2.22. The van der Waals surface area contributed by atoms with Crippen molar-refractivity contribution < 1.29 is 9.53 Å². The van der Waals surface area contributed by atoms with Crippen LogP contribution in [0.15, 0.2) is 24.3 Å². The van der Waals surface area contributed by atoms with Gasteiger partial charge in [0.15, 0.2) is 0 Å². The van der Waals surface area contributed by atoms with E-state index in [0.717, 1.165) is 11.4 Å². The maximum atomic E-state index is 10.7. The summed E-state index contributed by atoms with van der Waals surface area (Å²) in [5.74, 6) is 0.462. The lowest BCUT2D eigenvalue weighted by molar-refractivity contribution is -0.112. The van der Waals surface area contributed by atoms with E-state index in [-0.39, 0.29) is 11.5 Å². The zero-order valence-corrected chi connectivity index (χ0v) is 9.33. The van der Waals surface area contributed by atoms with E-state index in [1.165, 1.54) is 0 Å². The third-order valence-electron chi connectivity index (χ3n) is 1.56. The fourth-order valence-electron chi connectivity index (χ4n) is 1.12. The lowest BCUT2D eigenvalue weighted by Gasteiger charge is -2.21. The Kier molecular flexibility index (Phi) is 3.35. The Hall–Kier alpha value is -1.51. The number of benzene rings is 1. The van der Waals surface area contributed by atoms with Crippen LogP contribution < -0.4 is 10.1 Å². The molecule has 0 spiro atoms. The first kappa shape index (κ1) is 11.6. The topological polar surface area (TPSA) is 38.3 Å². The first-order valence-corrected chi connectivity index (χ1v) is 4.79. The summed E-state index contributed by atoms with van der Waals surface area (Å²) < 4.78 is 5.63. The van der Waals surface area contributed by atoms with Crippen LogP contribution in [0.1, 0.15) is 20.8 Å². The van der Waals surface area contributed by atoms with Crippen LogP contribution in [0.3, 0.4) is 0 Å². The fraction of sp³-hybridized carbons (Fsp3) is 0.333. The van der Waals surface area contributed by atoms with Crippen LogP contribution >= 0.6 is 0 Å². The number of carbonyl (C=O) groups is 1. The molecule has 81 valence electrons. The minimum Gasteiger partial charge on any atom is -0.488 e. The summed E-state index contributed by atoms with van der Waals surface area (Å²) in [5.41, 5.74) is 0.508. The minimum absolute atomic E-state index is 0.211. The van der Waals surface area contributed by atoms with Crippen LogP contribution in [0.25, 0.3) is 0 Å². The van der Waals surface area contributed by atoms with Gasteiger partial charge >= 0.3 is 0 Å². The zero-order valence-electron chi connectivity index (χ0n) is 9.33. The predicted octanol–water partition coefficient (Wildman–Crippen LogP) is 2.64. The Morgan fingerprint density at radius 2 is 1.80 bits per heavy atom. The number of anilines is 1. The van der Waals surface area contributed by atoms with Gasteiger partial charge in [0.1, 0.15) is 11.4 Å². The molecule has 1 rings (SSSR count). The van der Waals surface area contributed by atoms with Gasteiger partial charge in [0.05, 0.1) is 0 Å². The van der Waals surface area contributed by atoms with Crippen molar-refractivity contribution in [3.63, 3.8) is 0 Å². The second kappa shape index (κ2) is 4.34. The van der Waals surface area contributed by atoms with Crippen LogP contribution in [0, 0.1) is 6.92 Å². The van der Waals surface area contributed by atoms with Gasteiger partial charge in [-0.1, -0.05) is 0 Å². The molecule has 1 aromatic carbocycles. The second-order valence-electron chi connectivity index (χ2n) is 4.29. The minimum atomic E-state index is -0.320. The van der Waals surface area contributed by atoms with E-state index in [2.05, 4.69) is 12.2 Å². The third-order valence-corrected chi connectivity index (χ3v) is 1.56. The monoisotopic (exact) mass is 206 g/mol. The van der Waals surface area contributed by atoms with Gasteiger partial charge in [0.25, 0.3) is 0 Å². The largest absolute Gasteiger partial charge is 0.488 e. The van der Waals surface area contributed by atoms with Crippen molar-refractivity contribution in [3.8, 4) is 5.75 Å². The van der Waals surface area contributed by atoms with E-state index in [4.69, 9.17) is 4.74 Å². The van der Waals surface area contributed by atoms with Gasteiger partial charge < -0.3 is 10.1 Å². The van der Waals surface area contributed by atoms with E-state index in [9.17, 15) is 4.79 Å². The van der Waals surface area contributed by atoms with Gasteiger partial charge in [-0.15, -0.1) is 0 Å². The molecule has 0 atom stereocenters.